The Morgan fingerprint density at radius 2 is 1.93 bits per heavy atom. The monoisotopic (exact) mass is 406 g/mol. The fourth-order valence-electron chi connectivity index (χ4n) is 4.24. The molecule has 28 heavy (non-hydrogen) atoms. The normalized spacial score (nSPS) is 21.5. The van der Waals surface area contributed by atoms with Crippen molar-refractivity contribution in [2.45, 2.75) is 51.3 Å². The van der Waals surface area contributed by atoms with Crippen LogP contribution in [-0.2, 0) is 11.3 Å². The van der Waals surface area contributed by atoms with Crippen LogP contribution in [0.25, 0.3) is 0 Å². The molecule has 2 aliphatic rings. The largest absolute Gasteiger partial charge is 0.376 e. The highest BCUT2D eigenvalue weighted by atomic mass is 35.5. The van der Waals surface area contributed by atoms with Crippen LogP contribution >= 0.6 is 12.4 Å². The number of nitrogens with zero attached hydrogens (tertiary/aromatic N) is 6. The lowest BCUT2D eigenvalue weighted by Crippen LogP contribution is -2.48. The maximum Gasteiger partial charge on any atom is 0.168 e. The zero-order valence-electron chi connectivity index (χ0n) is 16.6. The highest BCUT2D eigenvalue weighted by Crippen LogP contribution is 2.27. The summed E-state index contributed by atoms with van der Waals surface area (Å²) in [4.78, 5) is 5.02. The summed E-state index contributed by atoms with van der Waals surface area (Å²) in [6, 6.07) is 11.0. The Kier molecular flexibility index (Phi) is 7.65. The van der Waals surface area contributed by atoms with E-state index in [0.29, 0.717) is 0 Å². The first-order chi connectivity index (χ1) is 13.3. The minimum Gasteiger partial charge on any atom is -0.376 e. The van der Waals surface area contributed by atoms with Crippen molar-refractivity contribution in [3.8, 4) is 0 Å². The quantitative estimate of drug-likeness (QED) is 0.704. The lowest BCUT2D eigenvalue weighted by molar-refractivity contribution is 0.0891. The number of piperazine rings is 1. The third kappa shape index (κ3) is 4.82. The molecular weight excluding hydrogens is 376 g/mol. The molecule has 0 spiro atoms. The molecule has 2 unspecified atom stereocenters. The maximum absolute atomic E-state index is 5.79. The van der Waals surface area contributed by atoms with Gasteiger partial charge in [-0.2, -0.15) is 0 Å². The standard InChI is InChI=1S/C20H30N6O.ClH/c1-2-7-19(20-21-22-23-26(20)16-18-10-6-15-27-18)25-13-11-24(12-14-25)17-8-4-3-5-9-17;/h3-5,8-9,18-19H,2,6-7,10-16H2,1H3;1H. The summed E-state index contributed by atoms with van der Waals surface area (Å²) in [5.74, 6) is 1.00. The summed E-state index contributed by atoms with van der Waals surface area (Å²) in [6.45, 7) is 8.02. The number of halogens is 1. The number of rotatable bonds is 7. The molecule has 2 saturated heterocycles. The van der Waals surface area contributed by atoms with Crippen LogP contribution in [0.5, 0.6) is 0 Å². The fourth-order valence-corrected chi connectivity index (χ4v) is 4.24. The van der Waals surface area contributed by atoms with Crippen LogP contribution in [0.3, 0.4) is 0 Å². The van der Waals surface area contributed by atoms with E-state index in [1.54, 1.807) is 0 Å². The van der Waals surface area contributed by atoms with Crippen molar-refractivity contribution in [1.82, 2.24) is 25.1 Å². The average Bonchev–Trinajstić information content (AvgIpc) is 3.40. The van der Waals surface area contributed by atoms with Crippen LogP contribution in [-0.4, -0.2) is 64.0 Å². The van der Waals surface area contributed by atoms with Crippen LogP contribution in [0.2, 0.25) is 0 Å². The van der Waals surface area contributed by atoms with Gasteiger partial charge in [-0.15, -0.1) is 17.5 Å². The molecule has 0 bridgehead atoms. The third-order valence-electron chi connectivity index (χ3n) is 5.70. The molecule has 0 saturated carbocycles. The molecule has 2 aromatic rings. The number of anilines is 1. The van der Waals surface area contributed by atoms with E-state index in [0.717, 1.165) is 70.8 Å². The number of benzene rings is 1. The zero-order chi connectivity index (χ0) is 18.5. The molecule has 1 aromatic carbocycles. The topological polar surface area (TPSA) is 59.3 Å². The molecule has 7 nitrogen and oxygen atoms in total. The van der Waals surface area contributed by atoms with Gasteiger partial charge in [0.2, 0.25) is 0 Å². The molecule has 3 heterocycles. The predicted octanol–water partition coefficient (Wildman–Crippen LogP) is 2.94. The number of aromatic nitrogens is 4. The van der Waals surface area contributed by atoms with E-state index in [-0.39, 0.29) is 24.6 Å². The summed E-state index contributed by atoms with van der Waals surface area (Å²) in [5, 5.41) is 12.7. The SMILES string of the molecule is CCCC(c1nnnn1CC1CCCO1)N1CCN(c2ccccc2)CC1.Cl. The van der Waals surface area contributed by atoms with Crippen molar-refractivity contribution >= 4 is 18.1 Å². The predicted molar refractivity (Wildman–Crippen MR) is 112 cm³/mol. The fraction of sp³-hybridized carbons (Fsp3) is 0.650. The summed E-state index contributed by atoms with van der Waals surface area (Å²) in [7, 11) is 0. The second kappa shape index (κ2) is 10.2. The molecule has 0 N–H and O–H groups in total. The van der Waals surface area contributed by atoms with Gasteiger partial charge in [-0.1, -0.05) is 31.5 Å². The zero-order valence-corrected chi connectivity index (χ0v) is 17.4. The van der Waals surface area contributed by atoms with E-state index >= 15 is 0 Å². The smallest absolute Gasteiger partial charge is 0.168 e. The molecule has 1 aromatic heterocycles. The van der Waals surface area contributed by atoms with Crippen LogP contribution in [0.1, 0.15) is 44.5 Å². The van der Waals surface area contributed by atoms with Gasteiger partial charge in [0.1, 0.15) is 0 Å². The number of para-hydroxylation sites is 1. The van der Waals surface area contributed by atoms with E-state index in [9.17, 15) is 0 Å². The van der Waals surface area contributed by atoms with Crippen molar-refractivity contribution in [1.29, 1.82) is 0 Å². The molecule has 8 heteroatoms. The van der Waals surface area contributed by atoms with Crippen molar-refractivity contribution in [3.63, 3.8) is 0 Å². The Morgan fingerprint density at radius 1 is 1.14 bits per heavy atom. The van der Waals surface area contributed by atoms with E-state index < -0.39 is 0 Å². The third-order valence-corrected chi connectivity index (χ3v) is 5.70. The van der Waals surface area contributed by atoms with E-state index in [1.807, 2.05) is 4.68 Å². The number of hydrogen-bond donors (Lipinski definition) is 0. The van der Waals surface area contributed by atoms with Crippen LogP contribution in [0.15, 0.2) is 30.3 Å². The number of hydrogen-bond acceptors (Lipinski definition) is 6. The first kappa shape index (κ1) is 21.0. The summed E-state index contributed by atoms with van der Waals surface area (Å²) in [5.41, 5.74) is 1.31. The Hall–Kier alpha value is -1.70. The lowest BCUT2D eigenvalue weighted by Gasteiger charge is -2.39. The van der Waals surface area contributed by atoms with Gasteiger partial charge < -0.3 is 9.64 Å². The summed E-state index contributed by atoms with van der Waals surface area (Å²) < 4.78 is 7.78. The van der Waals surface area contributed by atoms with Crippen molar-refractivity contribution in [3.05, 3.63) is 36.2 Å². The summed E-state index contributed by atoms with van der Waals surface area (Å²) in [6.07, 6.45) is 4.70. The van der Waals surface area contributed by atoms with Crippen molar-refractivity contribution in [2.75, 3.05) is 37.7 Å². The van der Waals surface area contributed by atoms with E-state index in [1.165, 1.54) is 5.69 Å². The second-order valence-corrected chi connectivity index (χ2v) is 7.52. The average molecular weight is 407 g/mol. The molecular formula is C20H31ClN6O. The highest BCUT2D eigenvalue weighted by Gasteiger charge is 2.29. The Balaban J connectivity index is 0.00000225. The number of ether oxygens (including phenoxy) is 1. The molecule has 2 fully saturated rings. The van der Waals surface area contributed by atoms with Gasteiger partial charge in [0.05, 0.1) is 18.7 Å². The molecule has 2 atom stereocenters. The van der Waals surface area contributed by atoms with Gasteiger partial charge in [0.25, 0.3) is 0 Å². The van der Waals surface area contributed by atoms with Gasteiger partial charge in [-0.05, 0) is 41.8 Å². The second-order valence-electron chi connectivity index (χ2n) is 7.52. The Morgan fingerprint density at radius 3 is 2.61 bits per heavy atom. The molecule has 2 aliphatic heterocycles. The van der Waals surface area contributed by atoms with Crippen LogP contribution in [0, 0.1) is 0 Å². The minimum absolute atomic E-state index is 0. The lowest BCUT2D eigenvalue weighted by atomic mass is 10.1. The molecule has 154 valence electrons. The minimum atomic E-state index is 0. The molecule has 0 radical (unpaired) electrons. The molecule has 0 amide bonds. The first-order valence-electron chi connectivity index (χ1n) is 10.3. The van der Waals surface area contributed by atoms with E-state index in [4.69, 9.17) is 4.74 Å². The Bertz CT molecular complexity index is 698. The van der Waals surface area contributed by atoms with Gasteiger partial charge in [-0.3, -0.25) is 4.90 Å². The van der Waals surface area contributed by atoms with Gasteiger partial charge in [-0.25, -0.2) is 4.68 Å². The van der Waals surface area contributed by atoms with Crippen LogP contribution in [0.4, 0.5) is 5.69 Å². The van der Waals surface area contributed by atoms with E-state index in [2.05, 4.69) is 62.6 Å². The van der Waals surface area contributed by atoms with Crippen LogP contribution < -0.4 is 4.90 Å². The summed E-state index contributed by atoms with van der Waals surface area (Å²) >= 11 is 0. The molecule has 0 aliphatic carbocycles. The van der Waals surface area contributed by atoms with Gasteiger partial charge in [0.15, 0.2) is 5.82 Å². The molecule has 4 rings (SSSR count). The van der Waals surface area contributed by atoms with Crippen molar-refractivity contribution < 1.29 is 4.74 Å². The Labute approximate surface area is 173 Å². The first-order valence-corrected chi connectivity index (χ1v) is 10.3. The number of tetrazole rings is 1. The van der Waals surface area contributed by atoms with Gasteiger partial charge >= 0.3 is 0 Å². The van der Waals surface area contributed by atoms with Gasteiger partial charge in [0, 0.05) is 38.5 Å². The highest BCUT2D eigenvalue weighted by molar-refractivity contribution is 5.85. The maximum atomic E-state index is 5.79. The van der Waals surface area contributed by atoms with Crippen molar-refractivity contribution in [2.24, 2.45) is 0 Å².